The summed E-state index contributed by atoms with van der Waals surface area (Å²) in [5.74, 6) is -0.644. The van der Waals surface area contributed by atoms with E-state index >= 15 is 0 Å². The first-order chi connectivity index (χ1) is 14.2. The van der Waals surface area contributed by atoms with Gasteiger partial charge in [0.05, 0.1) is 10.8 Å². The highest BCUT2D eigenvalue weighted by atomic mass is 32.2. The van der Waals surface area contributed by atoms with E-state index < -0.39 is 15.9 Å². The van der Waals surface area contributed by atoms with E-state index in [2.05, 4.69) is 38.3 Å². The van der Waals surface area contributed by atoms with Crippen LogP contribution in [0.1, 0.15) is 47.0 Å². The molecule has 2 amide bonds. The summed E-state index contributed by atoms with van der Waals surface area (Å²) in [7, 11) is -0.583. The summed E-state index contributed by atoms with van der Waals surface area (Å²) in [6.45, 7) is 8.83. The minimum absolute atomic E-state index is 0.0541. The number of nitrogens with one attached hydrogen (secondary N) is 2. The highest BCUT2D eigenvalue weighted by Crippen LogP contribution is 2.30. The summed E-state index contributed by atoms with van der Waals surface area (Å²) in [5.41, 5.74) is 0.444. The van der Waals surface area contributed by atoms with Crippen molar-refractivity contribution in [3.8, 4) is 0 Å². The van der Waals surface area contributed by atoms with E-state index in [9.17, 15) is 18.0 Å². The Bertz CT molecular complexity index is 938. The fraction of sp³-hybridized carbons (Fsp3) is 0.636. The van der Waals surface area contributed by atoms with E-state index in [1.807, 2.05) is 0 Å². The number of anilines is 1. The van der Waals surface area contributed by atoms with E-state index in [4.69, 9.17) is 0 Å². The van der Waals surface area contributed by atoms with E-state index in [0.717, 1.165) is 17.1 Å². The summed E-state index contributed by atoms with van der Waals surface area (Å²) in [6.07, 6.45) is 1.81. The first kappa shape index (κ1) is 23.7. The standard InChI is InChI=1S/C22H34N4O4S/c1-21(2)12-16(13-22(3,4)24-21)23-20(28)15-11-19(27)26(14-15)17-7-9-18(10-8-17)31(29,30)25(5)6/h7-10,15-16,24H,11-14H2,1-6H3,(H,23,28)/t15-/m0/s1. The van der Waals surface area contributed by atoms with Crippen LogP contribution in [-0.2, 0) is 19.6 Å². The molecule has 0 unspecified atom stereocenters. The fourth-order valence-corrected chi connectivity index (χ4v) is 5.79. The van der Waals surface area contributed by atoms with Gasteiger partial charge in [-0.3, -0.25) is 9.59 Å². The summed E-state index contributed by atoms with van der Waals surface area (Å²) in [5, 5.41) is 6.77. The minimum Gasteiger partial charge on any atom is -0.353 e. The molecule has 1 aromatic carbocycles. The van der Waals surface area contributed by atoms with Crippen LogP contribution in [0.25, 0.3) is 0 Å². The number of carbonyl (C=O) groups excluding carboxylic acids is 2. The van der Waals surface area contributed by atoms with Crippen LogP contribution in [0.3, 0.4) is 0 Å². The van der Waals surface area contributed by atoms with Gasteiger partial charge in [0.25, 0.3) is 0 Å². The molecule has 2 aliphatic heterocycles. The van der Waals surface area contributed by atoms with E-state index in [1.165, 1.54) is 26.2 Å². The molecule has 0 bridgehead atoms. The lowest BCUT2D eigenvalue weighted by Crippen LogP contribution is -2.62. The molecule has 1 aromatic rings. The molecule has 172 valence electrons. The second kappa shape index (κ2) is 8.18. The van der Waals surface area contributed by atoms with Crippen LogP contribution in [-0.4, -0.2) is 62.3 Å². The highest BCUT2D eigenvalue weighted by molar-refractivity contribution is 7.89. The fourth-order valence-electron chi connectivity index (χ4n) is 4.88. The third-order valence-electron chi connectivity index (χ3n) is 5.96. The molecule has 2 N–H and O–H groups in total. The zero-order chi connectivity index (χ0) is 23.2. The van der Waals surface area contributed by atoms with Gasteiger partial charge in [0, 0.05) is 49.9 Å². The number of amides is 2. The number of sulfonamides is 1. The number of carbonyl (C=O) groups is 2. The molecule has 2 fully saturated rings. The van der Waals surface area contributed by atoms with Crippen LogP contribution in [0.15, 0.2) is 29.2 Å². The van der Waals surface area contributed by atoms with Crippen LogP contribution in [0.4, 0.5) is 5.69 Å². The largest absolute Gasteiger partial charge is 0.353 e. The monoisotopic (exact) mass is 450 g/mol. The van der Waals surface area contributed by atoms with Gasteiger partial charge in [0.1, 0.15) is 0 Å². The van der Waals surface area contributed by atoms with Gasteiger partial charge in [0.2, 0.25) is 21.8 Å². The zero-order valence-electron chi connectivity index (χ0n) is 19.2. The summed E-state index contributed by atoms with van der Waals surface area (Å²) in [6, 6.07) is 6.27. The predicted molar refractivity (Wildman–Crippen MR) is 120 cm³/mol. The Morgan fingerprint density at radius 3 is 2.16 bits per heavy atom. The summed E-state index contributed by atoms with van der Waals surface area (Å²) < 4.78 is 25.6. The number of benzene rings is 1. The zero-order valence-corrected chi connectivity index (χ0v) is 20.0. The van der Waals surface area contributed by atoms with Gasteiger partial charge in [-0.25, -0.2) is 12.7 Å². The maximum Gasteiger partial charge on any atom is 0.242 e. The average Bonchev–Trinajstić information content (AvgIpc) is 3.01. The topological polar surface area (TPSA) is 98.8 Å². The Labute approximate surface area is 185 Å². The quantitative estimate of drug-likeness (QED) is 0.712. The number of nitrogens with zero attached hydrogens (tertiary/aromatic N) is 2. The molecular weight excluding hydrogens is 416 g/mol. The van der Waals surface area contributed by atoms with Crippen molar-refractivity contribution in [2.45, 2.75) is 69.0 Å². The second-order valence-electron chi connectivity index (χ2n) is 10.2. The molecule has 2 saturated heterocycles. The van der Waals surface area contributed by atoms with Crippen molar-refractivity contribution in [2.24, 2.45) is 5.92 Å². The van der Waals surface area contributed by atoms with Gasteiger partial charge in [-0.15, -0.1) is 0 Å². The Morgan fingerprint density at radius 1 is 1.10 bits per heavy atom. The normalized spacial score (nSPS) is 23.9. The smallest absolute Gasteiger partial charge is 0.242 e. The maximum absolute atomic E-state index is 12.9. The lowest BCUT2D eigenvalue weighted by atomic mass is 9.79. The number of rotatable bonds is 5. The molecule has 0 aliphatic carbocycles. The molecule has 3 rings (SSSR count). The Balaban J connectivity index is 1.67. The predicted octanol–water partition coefficient (Wildman–Crippen LogP) is 1.72. The first-order valence-electron chi connectivity index (χ1n) is 10.6. The van der Waals surface area contributed by atoms with Gasteiger partial charge in [-0.2, -0.15) is 0 Å². The van der Waals surface area contributed by atoms with Crippen LogP contribution < -0.4 is 15.5 Å². The third kappa shape index (κ3) is 5.27. The summed E-state index contributed by atoms with van der Waals surface area (Å²) in [4.78, 5) is 27.2. The molecule has 31 heavy (non-hydrogen) atoms. The maximum atomic E-state index is 12.9. The average molecular weight is 451 g/mol. The molecular formula is C22H34N4O4S. The van der Waals surface area contributed by atoms with Crippen molar-refractivity contribution in [2.75, 3.05) is 25.5 Å². The van der Waals surface area contributed by atoms with Crippen molar-refractivity contribution in [1.82, 2.24) is 14.9 Å². The van der Waals surface area contributed by atoms with Gasteiger partial charge < -0.3 is 15.5 Å². The van der Waals surface area contributed by atoms with E-state index in [0.29, 0.717) is 12.2 Å². The van der Waals surface area contributed by atoms with Gasteiger partial charge in [0.15, 0.2) is 0 Å². The molecule has 0 saturated carbocycles. The van der Waals surface area contributed by atoms with E-state index in [1.54, 1.807) is 17.0 Å². The second-order valence-corrected chi connectivity index (χ2v) is 12.3. The molecule has 2 heterocycles. The third-order valence-corrected chi connectivity index (χ3v) is 7.79. The van der Waals surface area contributed by atoms with Crippen LogP contribution in [0, 0.1) is 5.92 Å². The molecule has 0 aromatic heterocycles. The summed E-state index contributed by atoms with van der Waals surface area (Å²) >= 11 is 0. The van der Waals surface area contributed by atoms with Crippen molar-refractivity contribution in [1.29, 1.82) is 0 Å². The first-order valence-corrected chi connectivity index (χ1v) is 12.1. The lowest BCUT2D eigenvalue weighted by Gasteiger charge is -2.46. The molecule has 9 heteroatoms. The van der Waals surface area contributed by atoms with Crippen molar-refractivity contribution in [3.05, 3.63) is 24.3 Å². The Kier molecular flexibility index (Phi) is 6.25. The number of hydrogen-bond acceptors (Lipinski definition) is 5. The molecule has 0 spiro atoms. The van der Waals surface area contributed by atoms with Crippen molar-refractivity contribution >= 4 is 27.5 Å². The van der Waals surface area contributed by atoms with Gasteiger partial charge in [-0.1, -0.05) is 0 Å². The lowest BCUT2D eigenvalue weighted by molar-refractivity contribution is -0.127. The van der Waals surface area contributed by atoms with Crippen LogP contribution >= 0.6 is 0 Å². The van der Waals surface area contributed by atoms with Gasteiger partial charge in [-0.05, 0) is 64.8 Å². The highest BCUT2D eigenvalue weighted by Gasteiger charge is 2.40. The number of hydrogen-bond donors (Lipinski definition) is 2. The molecule has 2 aliphatic rings. The van der Waals surface area contributed by atoms with Gasteiger partial charge >= 0.3 is 0 Å². The number of piperidine rings is 1. The molecule has 8 nitrogen and oxygen atoms in total. The van der Waals surface area contributed by atoms with E-state index in [-0.39, 0.29) is 40.3 Å². The Morgan fingerprint density at radius 2 is 1.65 bits per heavy atom. The molecule has 1 atom stereocenters. The van der Waals surface area contributed by atoms with Crippen LogP contribution in [0.2, 0.25) is 0 Å². The van der Waals surface area contributed by atoms with Crippen molar-refractivity contribution < 1.29 is 18.0 Å². The minimum atomic E-state index is -3.53. The van der Waals surface area contributed by atoms with Crippen molar-refractivity contribution in [3.63, 3.8) is 0 Å². The SMILES string of the molecule is CN(C)S(=O)(=O)c1ccc(N2C[C@@H](C(=O)NC3CC(C)(C)NC(C)(C)C3)CC2=O)cc1. The van der Waals surface area contributed by atoms with Crippen LogP contribution in [0.5, 0.6) is 0 Å². The molecule has 0 radical (unpaired) electrons. The Hall–Kier alpha value is -1.97.